The van der Waals surface area contributed by atoms with Gasteiger partial charge in [0.1, 0.15) is 16.7 Å². The maximum absolute atomic E-state index is 15.3. The minimum absolute atomic E-state index is 0.00405. The third-order valence-corrected chi connectivity index (χ3v) is 22.6. The van der Waals surface area contributed by atoms with E-state index in [0.29, 0.717) is 57.2 Å². The SMILES string of the molecule is N#CCC1(n2cc(C(N)=O)c(NC(=O)C3CC3)n2)CCC(N2CC(F)(c3ccccc3)C2)CC1.N#CCC1(n2cc(C(N)=O)c(NC(=O)C3CC3)n2)CCC(N2CC(c3ccccc3)C2)CC1.N#CCC1(n2cc(C(N)=O)c(NC(=O)C3CC3)n2)CCN(Cc2cccc(Nc3ccccc3)c2)CC1. The summed E-state index contributed by atoms with van der Waals surface area (Å²) in [6.07, 6.45) is 18.5. The van der Waals surface area contributed by atoms with Gasteiger partial charge in [-0.1, -0.05) is 91.0 Å². The van der Waals surface area contributed by atoms with E-state index in [1.807, 2.05) is 60.7 Å². The Morgan fingerprint density at radius 2 is 0.865 bits per heavy atom. The fourth-order valence-electron chi connectivity index (χ4n) is 15.6. The van der Waals surface area contributed by atoms with E-state index in [2.05, 4.69) is 124 Å². The number of nitriles is 3. The number of amides is 6. The first-order valence-corrected chi connectivity index (χ1v) is 36.4. The van der Waals surface area contributed by atoms with Crippen molar-refractivity contribution >= 4 is 64.3 Å². The third kappa shape index (κ3) is 16.3. The Kier molecular flexibility index (Phi) is 21.2. The lowest BCUT2D eigenvalue weighted by molar-refractivity contribution is -0.118. The zero-order valence-electron chi connectivity index (χ0n) is 58.5. The molecule has 3 aliphatic heterocycles. The Morgan fingerprint density at radius 1 is 0.481 bits per heavy atom. The summed E-state index contributed by atoms with van der Waals surface area (Å²) in [7, 11) is 0. The van der Waals surface area contributed by atoms with Gasteiger partial charge in [0, 0.05) is 112 Å². The van der Waals surface area contributed by atoms with Crippen molar-refractivity contribution in [1.82, 2.24) is 44.0 Å². The average molecular weight is 1410 g/mol. The lowest BCUT2D eigenvalue weighted by Gasteiger charge is -2.51. The van der Waals surface area contributed by atoms with E-state index >= 15 is 4.39 Å². The number of primary amides is 3. The van der Waals surface area contributed by atoms with Gasteiger partial charge in [-0.05, 0) is 144 Å². The third-order valence-electron chi connectivity index (χ3n) is 22.6. The quantitative estimate of drug-likeness (QED) is 0.0313. The van der Waals surface area contributed by atoms with Gasteiger partial charge in [-0.3, -0.25) is 57.5 Å². The molecule has 25 nitrogen and oxygen atoms in total. The highest BCUT2D eigenvalue weighted by atomic mass is 19.1. The van der Waals surface area contributed by atoms with Crippen LogP contribution in [0.5, 0.6) is 0 Å². The zero-order chi connectivity index (χ0) is 72.8. The molecule has 540 valence electrons. The topological polar surface area (TPSA) is 363 Å². The molecule has 5 saturated carbocycles. The Balaban J connectivity index is 0.000000139. The number of nitrogens with one attached hydrogen (secondary N) is 4. The molecule has 10 N–H and O–H groups in total. The summed E-state index contributed by atoms with van der Waals surface area (Å²) in [5.74, 6) is -1.26. The van der Waals surface area contributed by atoms with Gasteiger partial charge in [0.25, 0.3) is 17.7 Å². The first kappa shape index (κ1) is 71.8. The second-order valence-electron chi connectivity index (χ2n) is 29.8. The van der Waals surface area contributed by atoms with E-state index in [1.165, 1.54) is 11.1 Å². The summed E-state index contributed by atoms with van der Waals surface area (Å²) in [5, 5.41) is 54.2. The molecule has 15 rings (SSSR count). The van der Waals surface area contributed by atoms with Gasteiger partial charge in [-0.15, -0.1) is 0 Å². The van der Waals surface area contributed by atoms with Crippen LogP contribution in [0.15, 0.2) is 134 Å². The molecule has 0 bridgehead atoms. The van der Waals surface area contributed by atoms with Crippen LogP contribution in [-0.4, -0.2) is 131 Å². The van der Waals surface area contributed by atoms with Crippen molar-refractivity contribution in [2.24, 2.45) is 35.0 Å². The smallest absolute Gasteiger partial charge is 0.254 e. The fraction of sp³-hybridized carbons (Fsp3) is 0.462. The van der Waals surface area contributed by atoms with Crippen molar-refractivity contribution in [2.45, 2.75) is 169 Å². The number of rotatable bonds is 23. The Hall–Kier alpha value is -10.6. The molecule has 0 atom stereocenters. The van der Waals surface area contributed by atoms with Crippen LogP contribution in [0.1, 0.15) is 176 Å². The molecule has 0 unspecified atom stereocenters. The van der Waals surface area contributed by atoms with Crippen LogP contribution in [0.3, 0.4) is 0 Å². The number of nitrogens with zero attached hydrogens (tertiary/aromatic N) is 12. The van der Waals surface area contributed by atoms with Crippen LogP contribution >= 0.6 is 0 Å². The van der Waals surface area contributed by atoms with Gasteiger partial charge < -0.3 is 38.5 Å². The molecule has 0 radical (unpaired) electrons. The number of hydrogen-bond donors (Lipinski definition) is 7. The number of nitrogens with two attached hydrogens (primary N) is 3. The number of aromatic nitrogens is 6. The van der Waals surface area contributed by atoms with Crippen LogP contribution in [0.25, 0.3) is 0 Å². The molecule has 8 aliphatic rings. The van der Waals surface area contributed by atoms with Gasteiger partial charge in [0.2, 0.25) is 17.7 Å². The Bertz CT molecular complexity index is 4390. The lowest BCUT2D eigenvalue weighted by Crippen LogP contribution is -2.61. The number of hydrogen-bond acceptors (Lipinski definition) is 16. The summed E-state index contributed by atoms with van der Waals surface area (Å²) >= 11 is 0. The molecule has 7 aromatic rings. The van der Waals surface area contributed by atoms with Crippen LogP contribution in [0.4, 0.5) is 33.2 Å². The normalized spacial score (nSPS) is 22.8. The molecule has 4 aromatic carbocycles. The molecular weight excluding hydrogens is 1320 g/mol. The Labute approximate surface area is 604 Å². The minimum Gasteiger partial charge on any atom is -0.365 e. The van der Waals surface area contributed by atoms with Crippen LogP contribution in [0.2, 0.25) is 0 Å². The number of carbonyl (C=O) groups excluding carboxylic acids is 6. The van der Waals surface area contributed by atoms with E-state index < -0.39 is 40.0 Å². The predicted octanol–water partition coefficient (Wildman–Crippen LogP) is 10.0. The minimum atomic E-state index is -1.31. The number of anilines is 5. The van der Waals surface area contributed by atoms with E-state index in [0.717, 1.165) is 127 Å². The molecule has 3 aromatic heterocycles. The zero-order valence-corrected chi connectivity index (χ0v) is 58.5. The highest BCUT2D eigenvalue weighted by molar-refractivity contribution is 6.04. The monoisotopic (exact) mass is 1410 g/mol. The van der Waals surface area contributed by atoms with E-state index in [-0.39, 0.29) is 88.5 Å². The van der Waals surface area contributed by atoms with Gasteiger partial charge in [0.05, 0.1) is 54.1 Å². The number of halogens is 1. The molecule has 3 saturated heterocycles. The first-order valence-electron chi connectivity index (χ1n) is 36.4. The van der Waals surface area contributed by atoms with Crippen molar-refractivity contribution in [1.29, 1.82) is 15.8 Å². The molecule has 104 heavy (non-hydrogen) atoms. The van der Waals surface area contributed by atoms with Gasteiger partial charge >= 0.3 is 0 Å². The predicted molar refractivity (Wildman–Crippen MR) is 388 cm³/mol. The van der Waals surface area contributed by atoms with E-state index in [9.17, 15) is 44.6 Å². The molecule has 6 heterocycles. The summed E-state index contributed by atoms with van der Waals surface area (Å²) in [6, 6.07) is 46.0. The van der Waals surface area contributed by atoms with Gasteiger partial charge in [-0.25, -0.2) is 4.39 Å². The summed E-state index contributed by atoms with van der Waals surface area (Å²) in [6.45, 7) is 5.23. The second kappa shape index (κ2) is 30.8. The summed E-state index contributed by atoms with van der Waals surface area (Å²) in [5.41, 5.74) is 19.7. The van der Waals surface area contributed by atoms with E-state index in [4.69, 9.17) is 17.2 Å². The highest BCUT2D eigenvalue weighted by Gasteiger charge is 2.50. The van der Waals surface area contributed by atoms with Crippen LogP contribution in [-0.2, 0) is 43.2 Å². The number of para-hydroxylation sites is 1. The molecule has 5 aliphatic carbocycles. The number of carbonyl (C=O) groups is 6. The molecule has 26 heteroatoms. The molecule has 8 fully saturated rings. The number of piperidine rings is 1. The fourth-order valence-corrected chi connectivity index (χ4v) is 15.6. The summed E-state index contributed by atoms with van der Waals surface area (Å²) < 4.78 is 20.4. The number of benzene rings is 4. The second-order valence-corrected chi connectivity index (χ2v) is 29.8. The first-order chi connectivity index (χ1) is 50.3. The van der Waals surface area contributed by atoms with Crippen molar-refractivity contribution in [3.05, 3.63) is 167 Å². The number of likely N-dealkylation sites (tertiary alicyclic amines) is 3. The van der Waals surface area contributed by atoms with Gasteiger partial charge in [0.15, 0.2) is 23.1 Å². The molecule has 0 spiro atoms. The lowest BCUT2D eigenvalue weighted by atomic mass is 9.75. The maximum atomic E-state index is 15.3. The Morgan fingerprint density at radius 3 is 1.27 bits per heavy atom. The van der Waals surface area contributed by atoms with Gasteiger partial charge in [-0.2, -0.15) is 31.1 Å². The molecular formula is C78H90FN19O6. The standard InChI is InChI=1S/C28H31N7O2.C25H29FN6O2.C25H30N6O2/c29-14-11-28(35-19-24(25(30)36)26(33-35)32-27(37)21-9-10-21)12-15-34(16-13-28)18-20-5-4-8-23(17-20)31-22-6-2-1-3-7-22;26-25(18-4-2-1-3-5-18)15-31(16-25)19-8-10-24(11-9-19,12-13-27)32-14-20(21(28)33)22(30-32)29-23(34)17-6-7-17;26-13-12-25(31-16-21(22(27)32)23(29-31)28-24(33)18-6-7-18)10-8-20(9-11-25)30-14-19(15-30)17-4-2-1-3-5-17/h1-8,17,19,21,31H,9-13,15-16,18H2,(H2,30,36)(H,32,33,37);1-5,14,17,19H,6-12,15-16H2,(H2,28,33)(H,29,30,34);1-5,16,18-20H,6-12,14-15H2,(H2,27,32)(H,28,29,33). The van der Waals surface area contributed by atoms with Crippen LogP contribution in [0, 0.1) is 51.7 Å². The number of alkyl halides is 1. The van der Waals surface area contributed by atoms with Crippen molar-refractivity contribution < 1.29 is 33.2 Å². The summed E-state index contributed by atoms with van der Waals surface area (Å²) in [4.78, 5) is 80.1. The highest BCUT2D eigenvalue weighted by Crippen LogP contribution is 2.47. The van der Waals surface area contributed by atoms with Crippen LogP contribution < -0.4 is 38.5 Å². The molecule has 6 amide bonds. The van der Waals surface area contributed by atoms with Crippen molar-refractivity contribution in [2.75, 3.05) is 60.5 Å². The largest absolute Gasteiger partial charge is 0.365 e. The van der Waals surface area contributed by atoms with E-state index in [1.54, 1.807) is 32.6 Å². The maximum Gasteiger partial charge on any atom is 0.254 e. The van der Waals surface area contributed by atoms with Crippen molar-refractivity contribution in [3.63, 3.8) is 0 Å². The average Bonchev–Trinajstić information content (AvgIpc) is 1.74. The van der Waals surface area contributed by atoms with Crippen molar-refractivity contribution in [3.8, 4) is 18.2 Å².